The first-order valence-corrected chi connectivity index (χ1v) is 15.6. The number of carbonyl (C=O) groups excluding carboxylic acids is 1. The van der Waals surface area contributed by atoms with Gasteiger partial charge in [0, 0.05) is 37.2 Å². The molecule has 2 aromatic carbocycles. The lowest BCUT2D eigenvalue weighted by Gasteiger charge is -2.30. The third-order valence-corrected chi connectivity index (χ3v) is 10.4. The first-order chi connectivity index (χ1) is 17.8. The molecule has 0 spiro atoms. The number of benzene rings is 2. The van der Waals surface area contributed by atoms with E-state index >= 15 is 0 Å². The molecule has 3 aromatic rings. The third kappa shape index (κ3) is 5.91. The minimum absolute atomic E-state index is 0.201. The SMILES string of the molecule is Cc1ccc(S(=O)(=O)N2CCCC2C(=O)N(CCCN2CCOCC2)c2nc3ccc(Br)cc3s2)cc1. The van der Waals surface area contributed by atoms with Gasteiger partial charge in [-0.1, -0.05) is 45.0 Å². The zero-order valence-corrected chi connectivity index (χ0v) is 24.0. The topological polar surface area (TPSA) is 83.1 Å². The highest BCUT2D eigenvalue weighted by Crippen LogP contribution is 2.34. The minimum atomic E-state index is -3.79. The van der Waals surface area contributed by atoms with Gasteiger partial charge in [0.2, 0.25) is 15.9 Å². The van der Waals surface area contributed by atoms with Gasteiger partial charge in [0.05, 0.1) is 28.3 Å². The third-order valence-electron chi connectivity index (χ3n) is 6.91. The van der Waals surface area contributed by atoms with Crippen LogP contribution in [0.4, 0.5) is 5.13 Å². The van der Waals surface area contributed by atoms with Crippen molar-refractivity contribution in [2.75, 3.05) is 50.8 Å². The molecule has 5 rings (SSSR count). The number of morpholine rings is 1. The molecule has 2 fully saturated rings. The van der Waals surface area contributed by atoms with E-state index in [9.17, 15) is 13.2 Å². The molecular formula is C26H31BrN4O4S2. The monoisotopic (exact) mass is 606 g/mol. The zero-order chi connectivity index (χ0) is 26.0. The molecule has 37 heavy (non-hydrogen) atoms. The van der Waals surface area contributed by atoms with Gasteiger partial charge in [0.15, 0.2) is 5.13 Å². The second-order valence-corrected chi connectivity index (χ2v) is 13.3. The van der Waals surface area contributed by atoms with Gasteiger partial charge in [-0.15, -0.1) is 0 Å². The van der Waals surface area contributed by atoms with Gasteiger partial charge in [-0.05, 0) is 56.5 Å². The Morgan fingerprint density at radius 2 is 1.92 bits per heavy atom. The van der Waals surface area contributed by atoms with Crippen LogP contribution in [0.15, 0.2) is 51.8 Å². The van der Waals surface area contributed by atoms with E-state index in [-0.39, 0.29) is 10.8 Å². The summed E-state index contributed by atoms with van der Waals surface area (Å²) in [6.45, 7) is 6.80. The Balaban J connectivity index is 1.41. The summed E-state index contributed by atoms with van der Waals surface area (Å²) < 4.78 is 35.8. The van der Waals surface area contributed by atoms with Crippen molar-refractivity contribution < 1.29 is 17.9 Å². The number of ether oxygens (including phenoxy) is 1. The number of fused-ring (bicyclic) bond motifs is 1. The van der Waals surface area contributed by atoms with Crippen molar-refractivity contribution in [2.45, 2.75) is 37.1 Å². The maximum atomic E-state index is 14.1. The highest BCUT2D eigenvalue weighted by atomic mass is 79.9. The number of carbonyl (C=O) groups is 1. The van der Waals surface area contributed by atoms with E-state index < -0.39 is 16.1 Å². The summed E-state index contributed by atoms with van der Waals surface area (Å²) in [5.74, 6) is -0.201. The van der Waals surface area contributed by atoms with Crippen LogP contribution in [0.25, 0.3) is 10.2 Å². The van der Waals surface area contributed by atoms with Crippen LogP contribution in [-0.2, 0) is 19.6 Å². The molecule has 1 amide bonds. The van der Waals surface area contributed by atoms with Crippen molar-refractivity contribution in [1.82, 2.24) is 14.2 Å². The summed E-state index contributed by atoms with van der Waals surface area (Å²) in [7, 11) is -3.79. The number of amides is 1. The first-order valence-electron chi connectivity index (χ1n) is 12.6. The summed E-state index contributed by atoms with van der Waals surface area (Å²) in [5, 5.41) is 0.611. The van der Waals surface area contributed by atoms with Crippen LogP contribution in [0, 0.1) is 6.92 Å². The quantitative estimate of drug-likeness (QED) is 0.381. The molecule has 2 aliphatic heterocycles. The molecule has 8 nitrogen and oxygen atoms in total. The van der Waals surface area contributed by atoms with Crippen molar-refractivity contribution in [3.8, 4) is 0 Å². The Kier molecular flexibility index (Phi) is 8.28. The second kappa shape index (κ2) is 11.5. The number of hydrogen-bond acceptors (Lipinski definition) is 7. The van der Waals surface area contributed by atoms with Crippen molar-refractivity contribution in [1.29, 1.82) is 0 Å². The lowest BCUT2D eigenvalue weighted by atomic mass is 10.2. The van der Waals surface area contributed by atoms with Crippen molar-refractivity contribution in [2.24, 2.45) is 0 Å². The number of sulfonamides is 1. The molecule has 1 aromatic heterocycles. The summed E-state index contributed by atoms with van der Waals surface area (Å²) in [5.41, 5.74) is 1.81. The van der Waals surface area contributed by atoms with Gasteiger partial charge in [-0.3, -0.25) is 14.6 Å². The molecule has 0 aliphatic carbocycles. The molecule has 1 atom stereocenters. The second-order valence-electron chi connectivity index (χ2n) is 9.49. The van der Waals surface area contributed by atoms with Crippen LogP contribution >= 0.6 is 27.3 Å². The molecule has 0 saturated carbocycles. The van der Waals surface area contributed by atoms with Gasteiger partial charge >= 0.3 is 0 Å². The average molecular weight is 608 g/mol. The largest absolute Gasteiger partial charge is 0.379 e. The van der Waals surface area contributed by atoms with E-state index in [2.05, 4.69) is 20.8 Å². The van der Waals surface area contributed by atoms with E-state index in [1.807, 2.05) is 25.1 Å². The van der Waals surface area contributed by atoms with E-state index in [0.717, 1.165) is 59.5 Å². The average Bonchev–Trinajstić information content (AvgIpc) is 3.55. The predicted octanol–water partition coefficient (Wildman–Crippen LogP) is 4.28. The lowest BCUT2D eigenvalue weighted by molar-refractivity contribution is -0.121. The molecule has 2 aliphatic rings. The maximum Gasteiger partial charge on any atom is 0.247 e. The van der Waals surface area contributed by atoms with Crippen molar-refractivity contribution in [3.05, 3.63) is 52.5 Å². The number of aromatic nitrogens is 1. The minimum Gasteiger partial charge on any atom is -0.379 e. The fourth-order valence-electron chi connectivity index (χ4n) is 4.88. The Bertz CT molecular complexity index is 1360. The fraction of sp³-hybridized carbons (Fsp3) is 0.462. The highest BCUT2D eigenvalue weighted by molar-refractivity contribution is 9.10. The maximum absolute atomic E-state index is 14.1. The molecule has 0 N–H and O–H groups in total. The number of rotatable bonds is 8. The van der Waals surface area contributed by atoms with Gasteiger partial charge in [-0.2, -0.15) is 4.31 Å². The number of aryl methyl sites for hydroxylation is 1. The number of thiazole rings is 1. The summed E-state index contributed by atoms with van der Waals surface area (Å²) >= 11 is 4.97. The zero-order valence-electron chi connectivity index (χ0n) is 20.8. The number of anilines is 1. The lowest BCUT2D eigenvalue weighted by Crippen LogP contribution is -2.48. The van der Waals surface area contributed by atoms with Crippen molar-refractivity contribution >= 4 is 58.5 Å². The molecule has 1 unspecified atom stereocenters. The molecule has 198 valence electrons. The van der Waals surface area contributed by atoms with Gasteiger partial charge in [0.1, 0.15) is 6.04 Å². The predicted molar refractivity (Wildman–Crippen MR) is 150 cm³/mol. The molecule has 2 saturated heterocycles. The van der Waals surface area contributed by atoms with Crippen LogP contribution in [0.5, 0.6) is 0 Å². The normalized spacial score (nSPS) is 19.5. The van der Waals surface area contributed by atoms with Crippen LogP contribution in [-0.4, -0.2) is 80.5 Å². The molecular weight excluding hydrogens is 576 g/mol. The fourth-order valence-corrected chi connectivity index (χ4v) is 8.08. The Morgan fingerprint density at radius 1 is 1.16 bits per heavy atom. The number of halogens is 1. The van der Waals surface area contributed by atoms with Crippen LogP contribution in [0.3, 0.4) is 0 Å². The van der Waals surface area contributed by atoms with E-state index in [0.29, 0.717) is 31.1 Å². The van der Waals surface area contributed by atoms with Crippen LogP contribution in [0.2, 0.25) is 0 Å². The highest BCUT2D eigenvalue weighted by Gasteiger charge is 2.42. The summed E-state index contributed by atoms with van der Waals surface area (Å²) in [6, 6.07) is 11.9. The van der Waals surface area contributed by atoms with Gasteiger partial charge in [0.25, 0.3) is 0 Å². The smallest absolute Gasteiger partial charge is 0.247 e. The van der Waals surface area contributed by atoms with Crippen LogP contribution < -0.4 is 4.90 Å². The van der Waals surface area contributed by atoms with Gasteiger partial charge in [-0.25, -0.2) is 13.4 Å². The molecule has 11 heteroatoms. The first kappa shape index (κ1) is 26.7. The molecule has 0 bridgehead atoms. The number of nitrogens with zero attached hydrogens (tertiary/aromatic N) is 4. The van der Waals surface area contributed by atoms with Crippen molar-refractivity contribution in [3.63, 3.8) is 0 Å². The molecule has 3 heterocycles. The summed E-state index contributed by atoms with van der Waals surface area (Å²) in [6.07, 6.45) is 1.92. The van der Waals surface area contributed by atoms with E-state index in [1.54, 1.807) is 29.2 Å². The Hall–Kier alpha value is -1.89. The van der Waals surface area contributed by atoms with E-state index in [4.69, 9.17) is 9.72 Å². The Morgan fingerprint density at radius 3 is 2.68 bits per heavy atom. The van der Waals surface area contributed by atoms with Gasteiger partial charge < -0.3 is 4.74 Å². The molecule has 0 radical (unpaired) electrons. The summed E-state index contributed by atoms with van der Waals surface area (Å²) in [4.78, 5) is 23.1. The van der Waals surface area contributed by atoms with Crippen LogP contribution in [0.1, 0.15) is 24.8 Å². The standard InChI is InChI=1S/C26H31BrN4O4S2/c1-19-5-8-21(9-6-19)37(33,34)31-13-2-4-23(31)25(32)30(12-3-11-29-14-16-35-17-15-29)26-28-22-10-7-20(27)18-24(22)36-26/h5-10,18,23H,2-4,11-17H2,1H3. The Labute approximate surface area is 230 Å². The van der Waals surface area contributed by atoms with E-state index in [1.165, 1.54) is 15.6 Å². The number of hydrogen-bond donors (Lipinski definition) is 0.